The molecule has 0 heterocycles. The largest absolute Gasteiger partial charge is 0.538 e. The van der Waals surface area contributed by atoms with Crippen LogP contribution in [0.3, 0.4) is 0 Å². The Labute approximate surface area is 339 Å². The lowest BCUT2D eigenvalue weighted by molar-refractivity contribution is 0.0181. The quantitative estimate of drug-likeness (QED) is 0.0840. The summed E-state index contributed by atoms with van der Waals surface area (Å²) in [6.45, 7) is 11.8. The molecule has 0 saturated heterocycles. The molecule has 2 atom stereocenters. The van der Waals surface area contributed by atoms with Gasteiger partial charge in [0.05, 0.1) is 6.10 Å². The van der Waals surface area contributed by atoms with Crippen molar-refractivity contribution < 1.29 is 33.6 Å². The lowest BCUT2D eigenvalue weighted by atomic mass is 9.81. The molecule has 295 valence electrons. The molecule has 8 heteroatoms. The molecule has 1 radical (unpaired) electrons. The maximum atomic E-state index is 12.0. The minimum atomic E-state index is -1.30. The van der Waals surface area contributed by atoms with Crippen molar-refractivity contribution in [3.63, 3.8) is 0 Å². The molecule has 6 aromatic rings. The first-order valence-corrected chi connectivity index (χ1v) is 21.8. The third-order valence-corrected chi connectivity index (χ3v) is 10.1. The predicted molar refractivity (Wildman–Crippen MR) is 227 cm³/mol. The zero-order valence-corrected chi connectivity index (χ0v) is 34.5. The highest BCUT2D eigenvalue weighted by molar-refractivity contribution is 6.49. The topological polar surface area (TPSA) is 86.6 Å². The van der Waals surface area contributed by atoms with Crippen molar-refractivity contribution in [2.45, 2.75) is 84.3 Å². The summed E-state index contributed by atoms with van der Waals surface area (Å²) in [5, 5.41) is 23.9. The molecule has 6 rings (SSSR count). The summed E-state index contributed by atoms with van der Waals surface area (Å²) >= 11 is 0. The van der Waals surface area contributed by atoms with Crippen molar-refractivity contribution in [3.8, 4) is 28.7 Å². The fourth-order valence-corrected chi connectivity index (χ4v) is 7.11. The number of ether oxygens (including phenoxy) is 4. The summed E-state index contributed by atoms with van der Waals surface area (Å²) in [7, 11) is -1.30. The van der Waals surface area contributed by atoms with Gasteiger partial charge in [-0.05, 0) is 70.1 Å². The summed E-state index contributed by atoms with van der Waals surface area (Å²) in [6.07, 6.45) is -2.41. The minimum absolute atomic E-state index is 0.0786. The molecule has 0 bridgehead atoms. The minimum Gasteiger partial charge on any atom is -0.538 e. The Morgan fingerprint density at radius 2 is 0.947 bits per heavy atom. The van der Waals surface area contributed by atoms with Gasteiger partial charge in [0.2, 0.25) is 0 Å². The van der Waals surface area contributed by atoms with E-state index in [2.05, 4.69) is 33.9 Å². The summed E-state index contributed by atoms with van der Waals surface area (Å²) in [4.78, 5) is 0. The van der Waals surface area contributed by atoms with E-state index >= 15 is 0 Å². The van der Waals surface area contributed by atoms with Crippen LogP contribution in [-0.2, 0) is 38.3 Å². The standard InChI is InChI=1S/C49H53O7Si/c1-49(2,3)41-30-45(54-33-37-22-14-8-15-23-37)48(56-57(4)5)47(55-34-38-24-16-9-17-25-38)40(41)29-42(50)46(51)39-26-27-43(52-31-35-18-10-6-11-19-35)44(28-39)53-32-36-20-12-7-13-21-36/h6-28,30,42,46,50-51H,29,31-34H2,1-5H3/t42-,46-/m1/s1. The van der Waals surface area contributed by atoms with Crippen molar-refractivity contribution in [2.24, 2.45) is 0 Å². The highest BCUT2D eigenvalue weighted by Gasteiger charge is 2.32. The molecule has 57 heavy (non-hydrogen) atoms. The molecule has 0 unspecified atom stereocenters. The van der Waals surface area contributed by atoms with Gasteiger partial charge in [0.15, 0.2) is 28.7 Å². The van der Waals surface area contributed by atoms with Crippen LogP contribution in [0, 0.1) is 0 Å². The SMILES string of the molecule is C[Si](C)Oc1c(OCc2ccccc2)cc(C(C)(C)C)c(C[C@@H](O)[C@H](O)c2ccc(OCc3ccccc3)c(OCc3ccccc3)c2)c1OCc1ccccc1. The van der Waals surface area contributed by atoms with Crippen LogP contribution in [-0.4, -0.2) is 25.4 Å². The molecule has 2 N–H and O–H groups in total. The molecule has 0 aliphatic rings. The summed E-state index contributed by atoms with van der Waals surface area (Å²) in [6, 6.07) is 47.1. The number of aliphatic hydroxyl groups is 2. The number of hydrogen-bond donors (Lipinski definition) is 2. The monoisotopic (exact) mass is 781 g/mol. The third kappa shape index (κ3) is 11.5. The van der Waals surface area contributed by atoms with Crippen LogP contribution >= 0.6 is 0 Å². The van der Waals surface area contributed by atoms with Crippen LogP contribution in [0.1, 0.15) is 65.8 Å². The molecular formula is C49H53O7Si. The number of aliphatic hydroxyl groups excluding tert-OH is 2. The molecule has 7 nitrogen and oxygen atoms in total. The summed E-state index contributed by atoms with van der Waals surface area (Å²) in [5.74, 6) is 2.59. The second-order valence-electron chi connectivity index (χ2n) is 15.3. The van der Waals surface area contributed by atoms with Crippen LogP contribution in [0.5, 0.6) is 28.7 Å². The second-order valence-corrected chi connectivity index (χ2v) is 17.4. The van der Waals surface area contributed by atoms with E-state index < -0.39 is 26.7 Å². The smallest absolute Gasteiger partial charge is 0.274 e. The number of rotatable bonds is 18. The van der Waals surface area contributed by atoms with Gasteiger partial charge in [0.1, 0.15) is 32.5 Å². The third-order valence-electron chi connectivity index (χ3n) is 9.44. The lowest BCUT2D eigenvalue weighted by Crippen LogP contribution is -2.25. The first-order chi connectivity index (χ1) is 27.5. The van der Waals surface area contributed by atoms with Crippen LogP contribution in [0.4, 0.5) is 0 Å². The van der Waals surface area contributed by atoms with E-state index in [0.717, 1.165) is 33.4 Å². The molecule has 0 aromatic heterocycles. The van der Waals surface area contributed by atoms with Gasteiger partial charge in [0.25, 0.3) is 9.04 Å². The molecule has 0 aliphatic heterocycles. The van der Waals surface area contributed by atoms with E-state index in [1.165, 1.54) is 0 Å². The van der Waals surface area contributed by atoms with E-state index in [4.69, 9.17) is 23.4 Å². The van der Waals surface area contributed by atoms with Gasteiger partial charge in [-0.1, -0.05) is 148 Å². The summed E-state index contributed by atoms with van der Waals surface area (Å²) < 4.78 is 32.4. The van der Waals surface area contributed by atoms with Crippen molar-refractivity contribution in [1.82, 2.24) is 0 Å². The lowest BCUT2D eigenvalue weighted by Gasteiger charge is -2.30. The van der Waals surface area contributed by atoms with Gasteiger partial charge in [-0.25, -0.2) is 0 Å². The van der Waals surface area contributed by atoms with E-state index in [1.54, 1.807) is 18.2 Å². The van der Waals surface area contributed by atoms with E-state index in [9.17, 15) is 10.2 Å². The van der Waals surface area contributed by atoms with Gasteiger partial charge in [-0.2, -0.15) is 0 Å². The molecular weight excluding hydrogens is 729 g/mol. The molecule has 0 spiro atoms. The zero-order valence-electron chi connectivity index (χ0n) is 33.5. The highest BCUT2D eigenvalue weighted by Crippen LogP contribution is 2.48. The molecule has 6 aromatic carbocycles. The van der Waals surface area contributed by atoms with Gasteiger partial charge in [-0.3, -0.25) is 0 Å². The fraction of sp³-hybridized carbons (Fsp3) is 0.265. The van der Waals surface area contributed by atoms with E-state index in [1.807, 2.05) is 127 Å². The molecule has 0 aliphatic carbocycles. The molecule has 0 saturated carbocycles. The number of benzene rings is 6. The highest BCUT2D eigenvalue weighted by atomic mass is 28.3. The van der Waals surface area contributed by atoms with Crippen molar-refractivity contribution in [3.05, 3.63) is 185 Å². The Morgan fingerprint density at radius 3 is 1.40 bits per heavy atom. The number of hydrogen-bond acceptors (Lipinski definition) is 7. The Hall–Kier alpha value is -5.54. The maximum Gasteiger partial charge on any atom is 0.274 e. The Morgan fingerprint density at radius 1 is 0.509 bits per heavy atom. The average Bonchev–Trinajstić information content (AvgIpc) is 3.22. The second kappa shape index (κ2) is 19.5. The van der Waals surface area contributed by atoms with Crippen LogP contribution in [0.25, 0.3) is 0 Å². The van der Waals surface area contributed by atoms with Gasteiger partial charge >= 0.3 is 0 Å². The molecule has 0 amide bonds. The fourth-order valence-electron chi connectivity index (χ4n) is 6.51. The van der Waals surface area contributed by atoms with E-state index in [-0.39, 0.29) is 13.0 Å². The average molecular weight is 782 g/mol. The first kappa shape index (κ1) is 41.1. The van der Waals surface area contributed by atoms with Crippen molar-refractivity contribution >= 4 is 9.04 Å². The first-order valence-electron chi connectivity index (χ1n) is 19.4. The Kier molecular flexibility index (Phi) is 14.1. The normalized spacial score (nSPS) is 12.5. The summed E-state index contributed by atoms with van der Waals surface area (Å²) in [5.41, 5.74) is 5.79. The van der Waals surface area contributed by atoms with Gasteiger partial charge in [-0.15, -0.1) is 0 Å². The van der Waals surface area contributed by atoms with Crippen LogP contribution in [0.15, 0.2) is 146 Å². The zero-order chi connectivity index (χ0) is 40.2. The maximum absolute atomic E-state index is 12.0. The van der Waals surface area contributed by atoms with Crippen LogP contribution < -0.4 is 23.4 Å². The van der Waals surface area contributed by atoms with E-state index in [0.29, 0.717) is 54.1 Å². The predicted octanol–water partition coefficient (Wildman–Crippen LogP) is 10.6. The van der Waals surface area contributed by atoms with Crippen LogP contribution in [0.2, 0.25) is 13.1 Å². The van der Waals surface area contributed by atoms with Gasteiger partial charge in [0, 0.05) is 12.0 Å². The van der Waals surface area contributed by atoms with Crippen molar-refractivity contribution in [1.29, 1.82) is 0 Å². The van der Waals surface area contributed by atoms with Crippen molar-refractivity contribution in [2.75, 3.05) is 0 Å². The molecule has 0 fully saturated rings. The Bertz CT molecular complexity index is 2140. The Balaban J connectivity index is 1.36. The van der Waals surface area contributed by atoms with Gasteiger partial charge < -0.3 is 33.6 Å².